The Morgan fingerprint density at radius 2 is 1.77 bits per heavy atom. The number of hydrogen-bond donors (Lipinski definition) is 2. The van der Waals surface area contributed by atoms with Crippen molar-refractivity contribution in [2.24, 2.45) is 5.10 Å². The summed E-state index contributed by atoms with van der Waals surface area (Å²) in [6.45, 7) is 0. The first-order valence-electron chi connectivity index (χ1n) is 6.92. The standard InChI is InChI=1S/C18H16N2O2/c1-22-18-9-5-4-8-16(18)20-19-12-15-14-7-3-2-6-13(14)10-11-17(15)21/h2-12,20-21H,1H3/b19-12+. The minimum atomic E-state index is 0.198. The van der Waals surface area contributed by atoms with Crippen LogP contribution in [0.3, 0.4) is 0 Å². The van der Waals surface area contributed by atoms with E-state index in [0.717, 1.165) is 16.5 Å². The van der Waals surface area contributed by atoms with Gasteiger partial charge in [0, 0.05) is 5.56 Å². The Kier molecular flexibility index (Phi) is 3.92. The first-order chi connectivity index (χ1) is 10.8. The van der Waals surface area contributed by atoms with Crippen LogP contribution in [-0.4, -0.2) is 18.4 Å². The third kappa shape index (κ3) is 2.72. The summed E-state index contributed by atoms with van der Waals surface area (Å²) in [6, 6.07) is 18.9. The molecule has 0 heterocycles. The number of ether oxygens (including phenoxy) is 1. The van der Waals surface area contributed by atoms with E-state index in [1.165, 1.54) is 0 Å². The highest BCUT2D eigenvalue weighted by Crippen LogP contribution is 2.26. The summed E-state index contributed by atoms with van der Waals surface area (Å²) in [7, 11) is 1.61. The molecule has 4 nitrogen and oxygen atoms in total. The van der Waals surface area contributed by atoms with Crippen LogP contribution in [0.15, 0.2) is 65.8 Å². The number of benzene rings is 3. The molecular weight excluding hydrogens is 276 g/mol. The second-order valence-electron chi connectivity index (χ2n) is 4.79. The van der Waals surface area contributed by atoms with Crippen LogP contribution in [0.5, 0.6) is 11.5 Å². The zero-order valence-corrected chi connectivity index (χ0v) is 12.2. The van der Waals surface area contributed by atoms with Crippen LogP contribution >= 0.6 is 0 Å². The largest absolute Gasteiger partial charge is 0.507 e. The van der Waals surface area contributed by atoms with Gasteiger partial charge in [-0.3, -0.25) is 5.43 Å². The number of nitrogens with zero attached hydrogens (tertiary/aromatic N) is 1. The normalized spacial score (nSPS) is 11.0. The second-order valence-corrected chi connectivity index (χ2v) is 4.79. The fraction of sp³-hybridized carbons (Fsp3) is 0.0556. The highest BCUT2D eigenvalue weighted by atomic mass is 16.5. The Bertz CT molecular complexity index is 828. The average molecular weight is 292 g/mol. The topological polar surface area (TPSA) is 53.8 Å². The molecule has 22 heavy (non-hydrogen) atoms. The lowest BCUT2D eigenvalue weighted by atomic mass is 10.0. The van der Waals surface area contributed by atoms with Gasteiger partial charge in [-0.15, -0.1) is 0 Å². The minimum Gasteiger partial charge on any atom is -0.507 e. The van der Waals surface area contributed by atoms with Gasteiger partial charge in [0.15, 0.2) is 0 Å². The third-order valence-electron chi connectivity index (χ3n) is 3.43. The number of rotatable bonds is 4. The van der Waals surface area contributed by atoms with Gasteiger partial charge >= 0.3 is 0 Å². The number of aromatic hydroxyl groups is 1. The van der Waals surface area contributed by atoms with Crippen LogP contribution in [0.4, 0.5) is 5.69 Å². The van der Waals surface area contributed by atoms with Gasteiger partial charge in [-0.25, -0.2) is 0 Å². The highest BCUT2D eigenvalue weighted by Gasteiger charge is 2.04. The van der Waals surface area contributed by atoms with Gasteiger partial charge in [0.2, 0.25) is 0 Å². The number of nitrogens with one attached hydrogen (secondary N) is 1. The Labute approximate surface area is 128 Å². The summed E-state index contributed by atoms with van der Waals surface area (Å²) in [4.78, 5) is 0. The summed E-state index contributed by atoms with van der Waals surface area (Å²) < 4.78 is 5.26. The van der Waals surface area contributed by atoms with E-state index in [9.17, 15) is 5.11 Å². The molecule has 3 aromatic rings. The van der Waals surface area contributed by atoms with Gasteiger partial charge in [0.25, 0.3) is 0 Å². The van der Waals surface area contributed by atoms with E-state index in [0.29, 0.717) is 11.3 Å². The molecule has 0 aliphatic rings. The minimum absolute atomic E-state index is 0.198. The molecule has 0 spiro atoms. The molecule has 2 N–H and O–H groups in total. The number of phenolic OH excluding ortho intramolecular Hbond substituents is 1. The molecule has 0 aliphatic heterocycles. The molecule has 0 radical (unpaired) electrons. The lowest BCUT2D eigenvalue weighted by Crippen LogP contribution is -1.95. The maximum absolute atomic E-state index is 10.1. The predicted octanol–water partition coefficient (Wildman–Crippen LogP) is 4.00. The molecule has 0 atom stereocenters. The maximum Gasteiger partial charge on any atom is 0.143 e. The van der Waals surface area contributed by atoms with Crippen molar-refractivity contribution < 1.29 is 9.84 Å². The molecule has 0 aliphatic carbocycles. The second kappa shape index (κ2) is 6.18. The number of phenols is 1. The highest BCUT2D eigenvalue weighted by molar-refractivity contribution is 6.02. The Morgan fingerprint density at radius 1 is 1.00 bits per heavy atom. The number of anilines is 1. The molecule has 0 bridgehead atoms. The molecule has 0 aromatic heterocycles. The summed E-state index contributed by atoms with van der Waals surface area (Å²) in [5.41, 5.74) is 4.38. The first-order valence-corrected chi connectivity index (χ1v) is 6.92. The van der Waals surface area contributed by atoms with Crippen molar-refractivity contribution >= 4 is 22.7 Å². The molecule has 110 valence electrons. The molecule has 0 saturated heterocycles. The van der Waals surface area contributed by atoms with Crippen molar-refractivity contribution in [3.8, 4) is 11.5 Å². The van der Waals surface area contributed by atoms with E-state index in [1.54, 1.807) is 19.4 Å². The summed E-state index contributed by atoms with van der Waals surface area (Å²) in [5, 5.41) is 16.3. The molecule has 4 heteroatoms. The van der Waals surface area contributed by atoms with Crippen LogP contribution in [0, 0.1) is 0 Å². The summed E-state index contributed by atoms with van der Waals surface area (Å²) in [6.07, 6.45) is 1.62. The van der Waals surface area contributed by atoms with Crippen LogP contribution in [0.2, 0.25) is 0 Å². The van der Waals surface area contributed by atoms with E-state index in [2.05, 4.69) is 10.5 Å². The van der Waals surface area contributed by atoms with Gasteiger partial charge in [-0.2, -0.15) is 5.10 Å². The third-order valence-corrected chi connectivity index (χ3v) is 3.43. The fourth-order valence-corrected chi connectivity index (χ4v) is 2.32. The van der Waals surface area contributed by atoms with E-state index in [-0.39, 0.29) is 5.75 Å². The van der Waals surface area contributed by atoms with Gasteiger partial charge < -0.3 is 9.84 Å². The van der Waals surface area contributed by atoms with E-state index >= 15 is 0 Å². The van der Waals surface area contributed by atoms with Crippen LogP contribution in [-0.2, 0) is 0 Å². The average Bonchev–Trinajstić information content (AvgIpc) is 2.57. The number of hydrazone groups is 1. The van der Waals surface area contributed by atoms with Crippen molar-refractivity contribution in [2.45, 2.75) is 0 Å². The molecule has 3 aromatic carbocycles. The Hall–Kier alpha value is -3.01. The van der Waals surface area contributed by atoms with Crippen LogP contribution in [0.25, 0.3) is 10.8 Å². The van der Waals surface area contributed by atoms with Gasteiger partial charge in [0.1, 0.15) is 11.5 Å². The van der Waals surface area contributed by atoms with Gasteiger partial charge in [-0.05, 0) is 29.0 Å². The van der Waals surface area contributed by atoms with Crippen molar-refractivity contribution in [2.75, 3.05) is 12.5 Å². The zero-order chi connectivity index (χ0) is 15.4. The number of fused-ring (bicyclic) bond motifs is 1. The first kappa shape index (κ1) is 13.9. The van der Waals surface area contributed by atoms with Crippen molar-refractivity contribution in [3.05, 3.63) is 66.2 Å². The Balaban J connectivity index is 1.91. The fourth-order valence-electron chi connectivity index (χ4n) is 2.32. The van der Waals surface area contributed by atoms with E-state index in [4.69, 9.17) is 4.74 Å². The van der Waals surface area contributed by atoms with Crippen molar-refractivity contribution in [1.29, 1.82) is 0 Å². The molecule has 3 rings (SSSR count). The van der Waals surface area contributed by atoms with Crippen molar-refractivity contribution in [1.82, 2.24) is 0 Å². The number of methoxy groups -OCH3 is 1. The zero-order valence-electron chi connectivity index (χ0n) is 12.2. The van der Waals surface area contributed by atoms with Gasteiger partial charge in [-0.1, -0.05) is 42.5 Å². The molecule has 0 amide bonds. The predicted molar refractivity (Wildman–Crippen MR) is 89.8 cm³/mol. The lowest BCUT2D eigenvalue weighted by molar-refractivity contribution is 0.416. The summed E-state index contributed by atoms with van der Waals surface area (Å²) in [5.74, 6) is 0.908. The van der Waals surface area contributed by atoms with Gasteiger partial charge in [0.05, 0.1) is 19.0 Å². The maximum atomic E-state index is 10.1. The van der Waals surface area contributed by atoms with Crippen LogP contribution < -0.4 is 10.2 Å². The smallest absolute Gasteiger partial charge is 0.143 e. The number of para-hydroxylation sites is 2. The van der Waals surface area contributed by atoms with E-state index < -0.39 is 0 Å². The molecular formula is C18H16N2O2. The molecule has 0 fully saturated rings. The molecule has 0 unspecified atom stereocenters. The molecule has 0 saturated carbocycles. The monoisotopic (exact) mass is 292 g/mol. The SMILES string of the molecule is COc1ccccc1N/N=C/c1c(O)ccc2ccccc12. The van der Waals surface area contributed by atoms with E-state index in [1.807, 2.05) is 54.6 Å². The quantitative estimate of drug-likeness (QED) is 0.564. The lowest BCUT2D eigenvalue weighted by Gasteiger charge is -2.07. The van der Waals surface area contributed by atoms with Crippen LogP contribution in [0.1, 0.15) is 5.56 Å². The Morgan fingerprint density at radius 3 is 2.64 bits per heavy atom. The van der Waals surface area contributed by atoms with Crippen molar-refractivity contribution in [3.63, 3.8) is 0 Å². The number of hydrogen-bond acceptors (Lipinski definition) is 4. The summed E-state index contributed by atoms with van der Waals surface area (Å²) >= 11 is 0.